The number of rotatable bonds is 2. The lowest BCUT2D eigenvalue weighted by atomic mass is 10.1. The van der Waals surface area contributed by atoms with E-state index in [4.69, 9.17) is 5.73 Å². The van der Waals surface area contributed by atoms with Gasteiger partial charge in [-0.1, -0.05) is 0 Å². The van der Waals surface area contributed by atoms with E-state index in [1.54, 1.807) is 0 Å². The Labute approximate surface area is 87.9 Å². The van der Waals surface area contributed by atoms with Gasteiger partial charge in [0.2, 0.25) is 0 Å². The minimum absolute atomic E-state index is 0.574. The SMILES string of the molecule is Cc1[nH]nc2nc(N)cc(CC3CC3)c12. The van der Waals surface area contributed by atoms with Crippen LogP contribution in [0.3, 0.4) is 0 Å². The number of nitrogen functional groups attached to an aromatic ring is 1. The quantitative estimate of drug-likeness (QED) is 0.780. The van der Waals surface area contributed by atoms with Crippen molar-refractivity contribution >= 4 is 16.9 Å². The largest absolute Gasteiger partial charge is 0.384 e. The highest BCUT2D eigenvalue weighted by Gasteiger charge is 2.23. The number of anilines is 1. The van der Waals surface area contributed by atoms with Gasteiger partial charge in [-0.15, -0.1) is 0 Å². The Balaban J connectivity index is 2.18. The lowest BCUT2D eigenvalue weighted by Gasteiger charge is -2.03. The van der Waals surface area contributed by atoms with Crippen molar-refractivity contribution in [3.63, 3.8) is 0 Å². The Morgan fingerprint density at radius 1 is 1.53 bits per heavy atom. The van der Waals surface area contributed by atoms with Crippen molar-refractivity contribution in [2.45, 2.75) is 26.2 Å². The first kappa shape index (κ1) is 8.71. The van der Waals surface area contributed by atoms with E-state index in [9.17, 15) is 0 Å². The highest BCUT2D eigenvalue weighted by molar-refractivity contribution is 5.83. The van der Waals surface area contributed by atoms with Crippen LogP contribution in [0.15, 0.2) is 6.07 Å². The maximum atomic E-state index is 5.77. The van der Waals surface area contributed by atoms with Gasteiger partial charge in [-0.05, 0) is 43.7 Å². The van der Waals surface area contributed by atoms with Crippen molar-refractivity contribution in [3.05, 3.63) is 17.3 Å². The maximum Gasteiger partial charge on any atom is 0.183 e. The van der Waals surface area contributed by atoms with E-state index in [-0.39, 0.29) is 0 Å². The van der Waals surface area contributed by atoms with Crippen molar-refractivity contribution in [3.8, 4) is 0 Å². The molecule has 1 aliphatic carbocycles. The number of nitrogens with zero attached hydrogens (tertiary/aromatic N) is 2. The predicted molar refractivity (Wildman–Crippen MR) is 59.5 cm³/mol. The summed E-state index contributed by atoms with van der Waals surface area (Å²) < 4.78 is 0. The van der Waals surface area contributed by atoms with Crippen molar-refractivity contribution in [1.29, 1.82) is 0 Å². The van der Waals surface area contributed by atoms with Crippen LogP contribution in [0.5, 0.6) is 0 Å². The second-order valence-electron chi connectivity index (χ2n) is 4.40. The second kappa shape index (κ2) is 2.95. The highest BCUT2D eigenvalue weighted by Crippen LogP contribution is 2.35. The van der Waals surface area contributed by atoms with Gasteiger partial charge in [-0.2, -0.15) is 5.10 Å². The number of nitrogens with two attached hydrogens (primary N) is 1. The topological polar surface area (TPSA) is 67.6 Å². The Bertz CT molecular complexity index is 511. The van der Waals surface area contributed by atoms with Gasteiger partial charge in [0.05, 0.1) is 0 Å². The zero-order valence-corrected chi connectivity index (χ0v) is 8.75. The van der Waals surface area contributed by atoms with Crippen LogP contribution < -0.4 is 5.73 Å². The number of hydrogen-bond acceptors (Lipinski definition) is 3. The fourth-order valence-corrected chi connectivity index (χ4v) is 2.08. The smallest absolute Gasteiger partial charge is 0.183 e. The molecule has 2 aromatic heterocycles. The molecule has 4 nitrogen and oxygen atoms in total. The number of nitrogens with one attached hydrogen (secondary N) is 1. The van der Waals surface area contributed by atoms with Gasteiger partial charge in [-0.25, -0.2) is 4.98 Å². The average molecular weight is 202 g/mol. The average Bonchev–Trinajstić information content (AvgIpc) is 2.91. The third-order valence-corrected chi connectivity index (χ3v) is 3.01. The van der Waals surface area contributed by atoms with Crippen LogP contribution in [0, 0.1) is 12.8 Å². The molecule has 0 amide bonds. The molecule has 2 aromatic rings. The van der Waals surface area contributed by atoms with Gasteiger partial charge >= 0.3 is 0 Å². The van der Waals surface area contributed by atoms with Gasteiger partial charge in [0.25, 0.3) is 0 Å². The Morgan fingerprint density at radius 3 is 3.07 bits per heavy atom. The number of aromatic nitrogens is 3. The van der Waals surface area contributed by atoms with Gasteiger partial charge in [0.15, 0.2) is 5.65 Å². The molecule has 4 heteroatoms. The fraction of sp³-hybridized carbons (Fsp3) is 0.455. The van der Waals surface area contributed by atoms with E-state index in [2.05, 4.69) is 15.2 Å². The van der Waals surface area contributed by atoms with Crippen LogP contribution in [-0.4, -0.2) is 15.2 Å². The number of aryl methyl sites for hydroxylation is 1. The first-order chi connectivity index (χ1) is 7.24. The van der Waals surface area contributed by atoms with Crippen LogP contribution in [0.2, 0.25) is 0 Å². The fourth-order valence-electron chi connectivity index (χ4n) is 2.08. The summed E-state index contributed by atoms with van der Waals surface area (Å²) in [5.74, 6) is 1.42. The lowest BCUT2D eigenvalue weighted by Crippen LogP contribution is -1.96. The molecule has 0 bridgehead atoms. The molecule has 0 aromatic carbocycles. The third kappa shape index (κ3) is 1.46. The molecule has 2 heterocycles. The zero-order chi connectivity index (χ0) is 10.4. The first-order valence-electron chi connectivity index (χ1n) is 5.34. The maximum absolute atomic E-state index is 5.77. The van der Waals surface area contributed by atoms with Gasteiger partial charge in [0, 0.05) is 11.1 Å². The molecule has 0 aliphatic heterocycles. The summed E-state index contributed by atoms with van der Waals surface area (Å²) in [4.78, 5) is 4.22. The summed E-state index contributed by atoms with van der Waals surface area (Å²) in [7, 11) is 0. The number of fused-ring (bicyclic) bond motifs is 1. The monoisotopic (exact) mass is 202 g/mol. The van der Waals surface area contributed by atoms with Gasteiger partial charge < -0.3 is 5.73 Å². The Morgan fingerprint density at radius 2 is 2.33 bits per heavy atom. The summed E-state index contributed by atoms with van der Waals surface area (Å²) >= 11 is 0. The molecule has 1 saturated carbocycles. The van der Waals surface area contributed by atoms with Gasteiger partial charge in [-0.3, -0.25) is 5.10 Å². The van der Waals surface area contributed by atoms with Crippen molar-refractivity contribution < 1.29 is 0 Å². The minimum atomic E-state index is 0.574. The Kier molecular flexibility index (Phi) is 1.71. The molecule has 78 valence electrons. The molecule has 3 N–H and O–H groups in total. The number of hydrogen-bond donors (Lipinski definition) is 2. The molecule has 15 heavy (non-hydrogen) atoms. The molecule has 3 rings (SSSR count). The van der Waals surface area contributed by atoms with Crippen molar-refractivity contribution in [2.24, 2.45) is 5.92 Å². The minimum Gasteiger partial charge on any atom is -0.384 e. The van der Waals surface area contributed by atoms with Crippen LogP contribution in [-0.2, 0) is 6.42 Å². The molecular formula is C11H14N4. The zero-order valence-electron chi connectivity index (χ0n) is 8.75. The van der Waals surface area contributed by atoms with Crippen molar-refractivity contribution in [2.75, 3.05) is 5.73 Å². The molecule has 0 radical (unpaired) electrons. The summed E-state index contributed by atoms with van der Waals surface area (Å²) in [5.41, 5.74) is 8.91. The van der Waals surface area contributed by atoms with E-state index in [0.29, 0.717) is 5.82 Å². The summed E-state index contributed by atoms with van der Waals surface area (Å²) in [6.07, 6.45) is 3.81. The van der Waals surface area contributed by atoms with Crippen molar-refractivity contribution in [1.82, 2.24) is 15.2 Å². The highest BCUT2D eigenvalue weighted by atomic mass is 15.2. The predicted octanol–water partition coefficient (Wildman–Crippen LogP) is 1.80. The number of pyridine rings is 1. The number of aromatic amines is 1. The van der Waals surface area contributed by atoms with E-state index < -0.39 is 0 Å². The normalized spacial score (nSPS) is 16.1. The third-order valence-electron chi connectivity index (χ3n) is 3.01. The van der Waals surface area contributed by atoms with Crippen LogP contribution in [0.25, 0.3) is 11.0 Å². The Hall–Kier alpha value is -1.58. The van der Waals surface area contributed by atoms with E-state index in [1.165, 1.54) is 18.4 Å². The van der Waals surface area contributed by atoms with Crippen LogP contribution in [0.1, 0.15) is 24.1 Å². The van der Waals surface area contributed by atoms with Crippen LogP contribution >= 0.6 is 0 Å². The summed E-state index contributed by atoms with van der Waals surface area (Å²) in [6.45, 7) is 2.03. The molecule has 1 aliphatic rings. The standard InChI is InChI=1S/C11H14N4/c1-6-10-8(4-7-2-3-7)5-9(12)13-11(10)15-14-6/h5,7H,2-4H2,1H3,(H3,12,13,14,15). The lowest BCUT2D eigenvalue weighted by molar-refractivity contribution is 0.837. The van der Waals surface area contributed by atoms with E-state index in [0.717, 1.165) is 29.1 Å². The van der Waals surface area contributed by atoms with E-state index >= 15 is 0 Å². The molecule has 0 atom stereocenters. The van der Waals surface area contributed by atoms with Crippen LogP contribution in [0.4, 0.5) is 5.82 Å². The molecular weight excluding hydrogens is 188 g/mol. The molecule has 1 fully saturated rings. The number of H-pyrrole nitrogens is 1. The molecule has 0 saturated heterocycles. The molecule has 0 unspecified atom stereocenters. The first-order valence-corrected chi connectivity index (χ1v) is 5.34. The summed E-state index contributed by atoms with van der Waals surface area (Å²) in [5, 5.41) is 8.28. The summed E-state index contributed by atoms with van der Waals surface area (Å²) in [6, 6.07) is 1.99. The van der Waals surface area contributed by atoms with E-state index in [1.807, 2.05) is 13.0 Å². The van der Waals surface area contributed by atoms with Gasteiger partial charge in [0.1, 0.15) is 5.82 Å². The molecule has 0 spiro atoms. The second-order valence-corrected chi connectivity index (χ2v) is 4.40.